The molecule has 0 atom stereocenters. The Bertz CT molecular complexity index is 650. The maximum absolute atomic E-state index is 12.5. The van der Waals surface area contributed by atoms with Crippen molar-refractivity contribution in [2.75, 3.05) is 46.9 Å². The predicted octanol–water partition coefficient (Wildman–Crippen LogP) is 1.04. The highest BCUT2D eigenvalue weighted by Gasteiger charge is 2.30. The van der Waals surface area contributed by atoms with E-state index in [1.54, 1.807) is 29.2 Å². The Morgan fingerprint density at radius 3 is 2.21 bits per heavy atom. The van der Waals surface area contributed by atoms with E-state index in [9.17, 15) is 13.2 Å². The van der Waals surface area contributed by atoms with Crippen LogP contribution in [0.1, 0.15) is 23.7 Å². The zero-order valence-electron chi connectivity index (χ0n) is 14.4. The molecule has 8 heteroatoms. The molecule has 0 radical (unpaired) electrons. The number of hydrogen-bond acceptors (Lipinski definition) is 4. The smallest absolute Gasteiger partial charge is 0.281 e. The van der Waals surface area contributed by atoms with Gasteiger partial charge in [0, 0.05) is 45.8 Å². The van der Waals surface area contributed by atoms with Crippen molar-refractivity contribution in [1.29, 1.82) is 0 Å². The first kappa shape index (κ1) is 18.7. The monoisotopic (exact) mass is 355 g/mol. The SMILES string of the molecule is CCCOc1ccc(C(=O)N2CCN(S(=O)(=O)N(C)C)CC2)cc1. The fourth-order valence-corrected chi connectivity index (χ4v) is 3.54. The Labute approximate surface area is 144 Å². The van der Waals surface area contributed by atoms with Crippen LogP contribution in [-0.2, 0) is 10.2 Å². The van der Waals surface area contributed by atoms with Gasteiger partial charge in [0.1, 0.15) is 5.75 Å². The summed E-state index contributed by atoms with van der Waals surface area (Å²) < 4.78 is 32.3. The fraction of sp³-hybridized carbons (Fsp3) is 0.562. The lowest BCUT2D eigenvalue weighted by Crippen LogP contribution is -2.53. The zero-order valence-corrected chi connectivity index (χ0v) is 15.3. The minimum atomic E-state index is -3.42. The molecule has 1 aliphatic heterocycles. The van der Waals surface area contributed by atoms with Gasteiger partial charge in [-0.05, 0) is 30.7 Å². The first-order valence-electron chi connectivity index (χ1n) is 8.06. The highest BCUT2D eigenvalue weighted by Crippen LogP contribution is 2.16. The molecule has 0 spiro atoms. The molecule has 0 bridgehead atoms. The molecule has 0 aliphatic carbocycles. The third-order valence-corrected chi connectivity index (χ3v) is 5.83. The predicted molar refractivity (Wildman–Crippen MR) is 92.3 cm³/mol. The highest BCUT2D eigenvalue weighted by atomic mass is 32.2. The second kappa shape index (κ2) is 7.96. The molecule has 2 rings (SSSR count). The number of hydrogen-bond donors (Lipinski definition) is 0. The number of carbonyl (C=O) groups excluding carboxylic acids is 1. The van der Waals surface area contributed by atoms with E-state index >= 15 is 0 Å². The van der Waals surface area contributed by atoms with Crippen LogP contribution in [0.3, 0.4) is 0 Å². The van der Waals surface area contributed by atoms with Crippen molar-refractivity contribution in [2.45, 2.75) is 13.3 Å². The van der Waals surface area contributed by atoms with Crippen LogP contribution in [0.2, 0.25) is 0 Å². The molecule has 24 heavy (non-hydrogen) atoms. The lowest BCUT2D eigenvalue weighted by atomic mass is 10.2. The van der Waals surface area contributed by atoms with Gasteiger partial charge in [0.15, 0.2) is 0 Å². The summed E-state index contributed by atoms with van der Waals surface area (Å²) in [5.74, 6) is 0.661. The van der Waals surface area contributed by atoms with Crippen molar-refractivity contribution in [2.24, 2.45) is 0 Å². The van der Waals surface area contributed by atoms with Gasteiger partial charge in [0.05, 0.1) is 6.61 Å². The number of amides is 1. The third kappa shape index (κ3) is 4.25. The summed E-state index contributed by atoms with van der Waals surface area (Å²) in [6.07, 6.45) is 0.931. The van der Waals surface area contributed by atoms with Gasteiger partial charge >= 0.3 is 0 Å². The van der Waals surface area contributed by atoms with Gasteiger partial charge in [-0.25, -0.2) is 0 Å². The van der Waals surface area contributed by atoms with E-state index in [-0.39, 0.29) is 5.91 Å². The summed E-state index contributed by atoms with van der Waals surface area (Å²) in [6.45, 7) is 4.08. The largest absolute Gasteiger partial charge is 0.494 e. The summed E-state index contributed by atoms with van der Waals surface area (Å²) >= 11 is 0. The molecular weight excluding hydrogens is 330 g/mol. The van der Waals surface area contributed by atoms with E-state index in [1.807, 2.05) is 6.92 Å². The summed E-state index contributed by atoms with van der Waals surface area (Å²) in [6, 6.07) is 7.07. The van der Waals surface area contributed by atoms with Gasteiger partial charge in [-0.3, -0.25) is 4.79 Å². The number of nitrogens with zero attached hydrogens (tertiary/aromatic N) is 3. The molecule has 0 aromatic heterocycles. The molecule has 1 fully saturated rings. The van der Waals surface area contributed by atoms with Crippen LogP contribution in [0.15, 0.2) is 24.3 Å². The maximum atomic E-state index is 12.5. The minimum Gasteiger partial charge on any atom is -0.494 e. The standard InChI is InChI=1S/C16H25N3O4S/c1-4-13-23-15-7-5-14(6-8-15)16(20)18-9-11-19(12-10-18)24(21,22)17(2)3/h5-8H,4,9-13H2,1-3H3. The van der Waals surface area contributed by atoms with E-state index in [4.69, 9.17) is 4.74 Å². The Kier molecular flexibility index (Phi) is 6.20. The molecule has 0 unspecified atom stereocenters. The topological polar surface area (TPSA) is 70.2 Å². The molecule has 1 aliphatic rings. The molecule has 1 aromatic carbocycles. The molecule has 7 nitrogen and oxygen atoms in total. The van der Waals surface area contributed by atoms with Gasteiger partial charge in [0.25, 0.3) is 16.1 Å². The van der Waals surface area contributed by atoms with Gasteiger partial charge in [-0.15, -0.1) is 0 Å². The highest BCUT2D eigenvalue weighted by molar-refractivity contribution is 7.86. The van der Waals surface area contributed by atoms with Crippen molar-refractivity contribution in [1.82, 2.24) is 13.5 Å². The molecule has 1 saturated heterocycles. The molecule has 1 aromatic rings. The summed E-state index contributed by atoms with van der Waals surface area (Å²) in [7, 11) is -0.398. The van der Waals surface area contributed by atoms with Crippen molar-refractivity contribution < 1.29 is 17.9 Å². The summed E-state index contributed by atoms with van der Waals surface area (Å²) in [4.78, 5) is 14.2. The average molecular weight is 355 g/mol. The molecular formula is C16H25N3O4S. The van der Waals surface area contributed by atoms with Gasteiger partial charge in [-0.1, -0.05) is 6.92 Å². The number of ether oxygens (including phenoxy) is 1. The number of carbonyl (C=O) groups is 1. The van der Waals surface area contributed by atoms with Crippen molar-refractivity contribution in [3.05, 3.63) is 29.8 Å². The van der Waals surface area contributed by atoms with Crippen LogP contribution < -0.4 is 4.74 Å². The summed E-state index contributed by atoms with van der Waals surface area (Å²) in [5, 5.41) is 0. The van der Waals surface area contributed by atoms with Crippen LogP contribution in [0.25, 0.3) is 0 Å². The van der Waals surface area contributed by atoms with Gasteiger partial charge in [-0.2, -0.15) is 17.0 Å². The van der Waals surface area contributed by atoms with Crippen LogP contribution in [0.5, 0.6) is 5.75 Å². The average Bonchev–Trinajstić information content (AvgIpc) is 2.59. The second-order valence-electron chi connectivity index (χ2n) is 5.85. The number of rotatable bonds is 6. The zero-order chi connectivity index (χ0) is 17.7. The van der Waals surface area contributed by atoms with Crippen LogP contribution >= 0.6 is 0 Å². The minimum absolute atomic E-state index is 0.0843. The van der Waals surface area contributed by atoms with E-state index in [0.717, 1.165) is 12.2 Å². The normalized spacial score (nSPS) is 16.4. The summed E-state index contributed by atoms with van der Waals surface area (Å²) in [5.41, 5.74) is 0.586. The van der Waals surface area contributed by atoms with Crippen LogP contribution in [0, 0.1) is 0 Å². The molecule has 0 N–H and O–H groups in total. The molecule has 134 valence electrons. The van der Waals surface area contributed by atoms with Crippen molar-refractivity contribution in [3.8, 4) is 5.75 Å². The quantitative estimate of drug-likeness (QED) is 0.764. The van der Waals surface area contributed by atoms with Crippen molar-refractivity contribution in [3.63, 3.8) is 0 Å². The first-order chi connectivity index (χ1) is 11.4. The second-order valence-corrected chi connectivity index (χ2v) is 8.00. The van der Waals surface area contributed by atoms with E-state index in [1.165, 1.54) is 22.7 Å². The van der Waals surface area contributed by atoms with E-state index in [2.05, 4.69) is 0 Å². The number of piperazine rings is 1. The van der Waals surface area contributed by atoms with E-state index < -0.39 is 10.2 Å². The lowest BCUT2D eigenvalue weighted by molar-refractivity contribution is 0.0695. The van der Waals surface area contributed by atoms with Crippen molar-refractivity contribution >= 4 is 16.1 Å². The van der Waals surface area contributed by atoms with Crippen LogP contribution in [0.4, 0.5) is 0 Å². The molecule has 0 saturated carbocycles. The number of benzene rings is 1. The van der Waals surface area contributed by atoms with E-state index in [0.29, 0.717) is 38.3 Å². The first-order valence-corrected chi connectivity index (χ1v) is 9.45. The van der Waals surface area contributed by atoms with Gasteiger partial charge < -0.3 is 9.64 Å². The molecule has 1 amide bonds. The lowest BCUT2D eigenvalue weighted by Gasteiger charge is -2.35. The molecule has 1 heterocycles. The Hall–Kier alpha value is -1.64. The van der Waals surface area contributed by atoms with Gasteiger partial charge in [0.2, 0.25) is 0 Å². The fourth-order valence-electron chi connectivity index (χ4n) is 2.45. The Morgan fingerprint density at radius 1 is 1.12 bits per heavy atom. The third-order valence-electron chi connectivity index (χ3n) is 3.89. The van der Waals surface area contributed by atoms with Crippen LogP contribution in [-0.4, -0.2) is 74.7 Å². The maximum Gasteiger partial charge on any atom is 0.281 e. The Balaban J connectivity index is 1.95. The Morgan fingerprint density at radius 2 is 1.71 bits per heavy atom.